The summed E-state index contributed by atoms with van der Waals surface area (Å²) < 4.78 is 2.40. The molecule has 0 unspecified atom stereocenters. The number of halogens is 5. The molecular weight excluding hydrogens is 523 g/mol. The summed E-state index contributed by atoms with van der Waals surface area (Å²) in [6, 6.07) is 2.10. The summed E-state index contributed by atoms with van der Waals surface area (Å²) in [6.45, 7) is 7.85. The molecule has 2 N–H and O–H groups in total. The Morgan fingerprint density at radius 3 is 2.36 bits per heavy atom. The maximum Gasteiger partial charge on any atom is 0.144 e. The minimum Gasteiger partial charge on any atom is -0.506 e. The maximum absolute atomic E-state index is 10.2. The standard InChI is InChI=1S/C14H17Br3N2O.2ClH/c1-2-3-11(19-6-4-18-5-7-19)12-9(15)8-10(16)14(20)13(12)17;;/h2,8,11,18,20H,1,3-7H2;2*1H/t11-;;/m1../s1. The average molecular weight is 542 g/mol. The monoisotopic (exact) mass is 538 g/mol. The Bertz CT molecular complexity index is 511. The summed E-state index contributed by atoms with van der Waals surface area (Å²) in [5.41, 5.74) is 1.08. The SMILES string of the molecule is C=CC[C@H](c1c(Br)cc(Br)c(O)c1Br)N1CCNCC1.Cl.Cl. The summed E-state index contributed by atoms with van der Waals surface area (Å²) in [7, 11) is 0. The van der Waals surface area contributed by atoms with Crippen molar-refractivity contribution in [3.63, 3.8) is 0 Å². The lowest BCUT2D eigenvalue weighted by atomic mass is 10.0. The highest BCUT2D eigenvalue weighted by Gasteiger charge is 2.26. The van der Waals surface area contributed by atoms with Gasteiger partial charge in [-0.3, -0.25) is 4.90 Å². The number of nitrogens with one attached hydrogen (secondary N) is 1. The molecule has 1 aromatic carbocycles. The first-order chi connectivity index (χ1) is 9.56. The number of phenols is 1. The maximum atomic E-state index is 10.2. The molecule has 0 spiro atoms. The summed E-state index contributed by atoms with van der Waals surface area (Å²) >= 11 is 10.5. The van der Waals surface area contributed by atoms with Crippen LogP contribution < -0.4 is 5.32 Å². The van der Waals surface area contributed by atoms with Crippen LogP contribution in [0.3, 0.4) is 0 Å². The van der Waals surface area contributed by atoms with Crippen LogP contribution in [-0.4, -0.2) is 36.2 Å². The molecule has 1 atom stereocenters. The number of phenolic OH excluding ortho intramolecular Hbond substituents is 1. The molecule has 0 aliphatic carbocycles. The molecule has 126 valence electrons. The summed E-state index contributed by atoms with van der Waals surface area (Å²) in [5, 5.41) is 13.5. The zero-order valence-electron chi connectivity index (χ0n) is 11.8. The number of hydrogen-bond acceptors (Lipinski definition) is 3. The van der Waals surface area contributed by atoms with Crippen molar-refractivity contribution in [3.05, 3.63) is 37.7 Å². The first-order valence-electron chi connectivity index (χ1n) is 6.48. The molecule has 1 heterocycles. The molecule has 22 heavy (non-hydrogen) atoms. The van der Waals surface area contributed by atoms with Gasteiger partial charge in [-0.2, -0.15) is 0 Å². The van der Waals surface area contributed by atoms with E-state index in [1.807, 2.05) is 12.1 Å². The van der Waals surface area contributed by atoms with Crippen LogP contribution in [0, 0.1) is 0 Å². The van der Waals surface area contributed by atoms with E-state index in [-0.39, 0.29) is 36.6 Å². The second kappa shape index (κ2) is 10.5. The van der Waals surface area contributed by atoms with Gasteiger partial charge in [0.25, 0.3) is 0 Å². The van der Waals surface area contributed by atoms with Crippen LogP contribution >= 0.6 is 72.6 Å². The third kappa shape index (κ3) is 5.10. The molecule has 1 aliphatic rings. The van der Waals surface area contributed by atoms with Crippen LogP contribution in [0.2, 0.25) is 0 Å². The predicted molar refractivity (Wildman–Crippen MR) is 108 cm³/mol. The van der Waals surface area contributed by atoms with Crippen molar-refractivity contribution >= 4 is 72.6 Å². The Morgan fingerprint density at radius 2 is 1.82 bits per heavy atom. The van der Waals surface area contributed by atoms with E-state index in [4.69, 9.17) is 0 Å². The highest BCUT2D eigenvalue weighted by molar-refractivity contribution is 9.11. The molecular formula is C14H19Br3Cl2N2O. The molecule has 1 fully saturated rings. The van der Waals surface area contributed by atoms with Gasteiger partial charge in [-0.05, 0) is 44.3 Å². The van der Waals surface area contributed by atoms with Gasteiger partial charge in [-0.1, -0.05) is 22.0 Å². The molecule has 0 saturated carbocycles. The van der Waals surface area contributed by atoms with Crippen molar-refractivity contribution in [2.24, 2.45) is 0 Å². The van der Waals surface area contributed by atoms with Crippen molar-refractivity contribution < 1.29 is 5.11 Å². The molecule has 2 rings (SSSR count). The van der Waals surface area contributed by atoms with Gasteiger partial charge in [-0.15, -0.1) is 31.4 Å². The van der Waals surface area contributed by atoms with Crippen LogP contribution in [0.4, 0.5) is 0 Å². The summed E-state index contributed by atoms with van der Waals surface area (Å²) in [4.78, 5) is 2.43. The molecule has 1 aliphatic heterocycles. The zero-order valence-corrected chi connectivity index (χ0v) is 18.2. The molecule has 1 aromatic rings. The first kappa shape index (κ1) is 22.7. The Labute approximate surface area is 169 Å². The molecule has 0 radical (unpaired) electrons. The molecule has 1 saturated heterocycles. The van der Waals surface area contributed by atoms with Gasteiger partial charge >= 0.3 is 0 Å². The van der Waals surface area contributed by atoms with Crippen LogP contribution in [0.5, 0.6) is 5.75 Å². The van der Waals surface area contributed by atoms with Gasteiger partial charge in [0, 0.05) is 42.3 Å². The lowest BCUT2D eigenvalue weighted by Gasteiger charge is -2.36. The topological polar surface area (TPSA) is 35.5 Å². The normalized spacial score (nSPS) is 16.3. The third-order valence-corrected chi connectivity index (χ3v) is 5.56. The highest BCUT2D eigenvalue weighted by Crippen LogP contribution is 2.44. The average Bonchev–Trinajstić information content (AvgIpc) is 2.45. The van der Waals surface area contributed by atoms with Crippen LogP contribution in [0.15, 0.2) is 32.1 Å². The first-order valence-corrected chi connectivity index (χ1v) is 8.86. The van der Waals surface area contributed by atoms with E-state index in [0.717, 1.165) is 47.1 Å². The fourth-order valence-electron chi connectivity index (χ4n) is 2.50. The molecule has 8 heteroatoms. The Hall–Kier alpha value is 0.700. The largest absolute Gasteiger partial charge is 0.506 e. The van der Waals surface area contributed by atoms with Crippen molar-refractivity contribution in [1.29, 1.82) is 0 Å². The minimum absolute atomic E-state index is 0. The van der Waals surface area contributed by atoms with Crippen molar-refractivity contribution in [3.8, 4) is 5.75 Å². The molecule has 3 nitrogen and oxygen atoms in total. The van der Waals surface area contributed by atoms with E-state index in [1.54, 1.807) is 0 Å². The van der Waals surface area contributed by atoms with Crippen molar-refractivity contribution in [2.45, 2.75) is 12.5 Å². The lowest BCUT2D eigenvalue weighted by molar-refractivity contribution is 0.173. The van der Waals surface area contributed by atoms with Gasteiger partial charge in [0.1, 0.15) is 5.75 Å². The molecule has 0 amide bonds. The van der Waals surface area contributed by atoms with Gasteiger partial charge in [-0.25, -0.2) is 0 Å². The van der Waals surface area contributed by atoms with E-state index in [2.05, 4.69) is 64.6 Å². The van der Waals surface area contributed by atoms with Crippen LogP contribution in [0.25, 0.3) is 0 Å². The lowest BCUT2D eigenvalue weighted by Crippen LogP contribution is -2.45. The molecule has 0 bridgehead atoms. The third-order valence-electron chi connectivity index (χ3n) is 3.50. The number of rotatable bonds is 4. The highest BCUT2D eigenvalue weighted by atomic mass is 79.9. The van der Waals surface area contributed by atoms with E-state index >= 15 is 0 Å². The zero-order chi connectivity index (χ0) is 14.7. The van der Waals surface area contributed by atoms with Crippen LogP contribution in [-0.2, 0) is 0 Å². The smallest absolute Gasteiger partial charge is 0.144 e. The minimum atomic E-state index is 0. The van der Waals surface area contributed by atoms with Crippen molar-refractivity contribution in [2.75, 3.05) is 26.2 Å². The number of hydrogen-bond donors (Lipinski definition) is 2. The number of piperazine rings is 1. The fourth-order valence-corrected chi connectivity index (χ4v) is 5.15. The van der Waals surface area contributed by atoms with Gasteiger partial charge in [0.05, 0.1) is 8.95 Å². The quantitative estimate of drug-likeness (QED) is 0.524. The summed E-state index contributed by atoms with van der Waals surface area (Å²) in [5.74, 6) is 0.243. The van der Waals surface area contributed by atoms with Gasteiger partial charge < -0.3 is 10.4 Å². The summed E-state index contributed by atoms with van der Waals surface area (Å²) in [6.07, 6.45) is 2.78. The number of aromatic hydroxyl groups is 1. The van der Waals surface area contributed by atoms with E-state index in [1.165, 1.54) is 0 Å². The second-order valence-electron chi connectivity index (χ2n) is 4.74. The molecule has 0 aromatic heterocycles. The van der Waals surface area contributed by atoms with Gasteiger partial charge in [0.15, 0.2) is 0 Å². The predicted octanol–water partition coefficient (Wildman–Crippen LogP) is 5.05. The van der Waals surface area contributed by atoms with E-state index < -0.39 is 0 Å². The Kier molecular flexibility index (Phi) is 10.9. The van der Waals surface area contributed by atoms with E-state index in [9.17, 15) is 5.11 Å². The van der Waals surface area contributed by atoms with Crippen molar-refractivity contribution in [1.82, 2.24) is 10.2 Å². The Balaban J connectivity index is 0.00000220. The van der Waals surface area contributed by atoms with Crippen LogP contribution in [0.1, 0.15) is 18.0 Å². The fraction of sp³-hybridized carbons (Fsp3) is 0.429. The number of benzene rings is 1. The van der Waals surface area contributed by atoms with E-state index in [0.29, 0.717) is 4.47 Å². The van der Waals surface area contributed by atoms with Gasteiger partial charge in [0.2, 0.25) is 0 Å². The number of nitrogens with zero attached hydrogens (tertiary/aromatic N) is 1. The Morgan fingerprint density at radius 1 is 1.23 bits per heavy atom. The second-order valence-corrected chi connectivity index (χ2v) is 7.24.